The zero-order valence-electron chi connectivity index (χ0n) is 14.9. The van der Waals surface area contributed by atoms with Crippen molar-refractivity contribution in [1.29, 1.82) is 0 Å². The lowest BCUT2D eigenvalue weighted by atomic mass is 10.3. The summed E-state index contributed by atoms with van der Waals surface area (Å²) >= 11 is 0. The van der Waals surface area contributed by atoms with E-state index in [9.17, 15) is 12.8 Å². The molecule has 142 valence electrons. The second-order valence-corrected chi connectivity index (χ2v) is 7.36. The number of guanidine groups is 1. The van der Waals surface area contributed by atoms with Crippen molar-refractivity contribution in [3.05, 3.63) is 30.1 Å². The number of nitrogens with one attached hydrogen (secondary N) is 3. The predicted molar refractivity (Wildman–Crippen MR) is 97.9 cm³/mol. The molecule has 0 aliphatic carbocycles. The molecule has 0 aromatic heterocycles. The number of aliphatic imine (C=N–C) groups is 1. The van der Waals surface area contributed by atoms with Gasteiger partial charge in [0.2, 0.25) is 10.0 Å². The summed E-state index contributed by atoms with van der Waals surface area (Å²) in [6.07, 6.45) is 1.46. The van der Waals surface area contributed by atoms with Crippen LogP contribution in [0.4, 0.5) is 4.39 Å². The van der Waals surface area contributed by atoms with Crippen LogP contribution in [0.3, 0.4) is 0 Å². The van der Waals surface area contributed by atoms with E-state index in [2.05, 4.69) is 20.3 Å². The molecule has 1 aromatic rings. The Hall–Kier alpha value is -1.87. The predicted octanol–water partition coefficient (Wildman–Crippen LogP) is 1.09. The molecule has 1 rings (SSSR count). The molecule has 1 atom stereocenters. The average Bonchev–Trinajstić information content (AvgIpc) is 2.53. The second-order valence-electron chi connectivity index (χ2n) is 5.53. The van der Waals surface area contributed by atoms with Gasteiger partial charge in [0.15, 0.2) is 17.5 Å². The molecule has 9 heteroatoms. The van der Waals surface area contributed by atoms with Gasteiger partial charge in [-0.2, -0.15) is 0 Å². The number of sulfonamides is 1. The van der Waals surface area contributed by atoms with Crippen LogP contribution in [0.25, 0.3) is 0 Å². The van der Waals surface area contributed by atoms with Crippen molar-refractivity contribution in [1.82, 2.24) is 15.4 Å². The average molecular weight is 374 g/mol. The molecule has 0 fully saturated rings. The summed E-state index contributed by atoms with van der Waals surface area (Å²) in [5, 5.41) is 6.20. The van der Waals surface area contributed by atoms with E-state index in [-0.39, 0.29) is 11.9 Å². The van der Waals surface area contributed by atoms with Crippen LogP contribution in [0.15, 0.2) is 29.3 Å². The van der Waals surface area contributed by atoms with E-state index in [4.69, 9.17) is 4.74 Å². The Morgan fingerprint density at radius 2 is 2.00 bits per heavy atom. The Bertz CT molecular complexity index is 653. The smallest absolute Gasteiger partial charge is 0.208 e. The monoisotopic (exact) mass is 374 g/mol. The highest BCUT2D eigenvalue weighted by Gasteiger charge is 2.08. The van der Waals surface area contributed by atoms with Crippen LogP contribution in [-0.4, -0.2) is 52.9 Å². The maximum absolute atomic E-state index is 13.6. The summed E-state index contributed by atoms with van der Waals surface area (Å²) in [6, 6.07) is 6.25. The van der Waals surface area contributed by atoms with Crippen molar-refractivity contribution in [3.8, 4) is 5.75 Å². The third-order valence-electron chi connectivity index (χ3n) is 3.03. The third-order valence-corrected chi connectivity index (χ3v) is 3.75. The van der Waals surface area contributed by atoms with Crippen LogP contribution < -0.4 is 20.1 Å². The molecule has 1 aromatic carbocycles. The molecule has 7 nitrogen and oxygen atoms in total. The van der Waals surface area contributed by atoms with Crippen LogP contribution in [0.1, 0.15) is 20.3 Å². The number of rotatable bonds is 10. The van der Waals surface area contributed by atoms with Crippen LogP contribution in [-0.2, 0) is 10.0 Å². The Morgan fingerprint density at radius 3 is 2.64 bits per heavy atom. The molecule has 0 saturated heterocycles. The Labute approximate surface area is 149 Å². The number of ether oxygens (including phenoxy) is 1. The summed E-state index contributed by atoms with van der Waals surface area (Å²) in [5.41, 5.74) is 0. The fraction of sp³-hybridized carbons (Fsp3) is 0.562. The van der Waals surface area contributed by atoms with Gasteiger partial charge >= 0.3 is 0 Å². The normalized spacial score (nSPS) is 13.4. The zero-order chi connectivity index (χ0) is 18.7. The van der Waals surface area contributed by atoms with Gasteiger partial charge in [-0.3, -0.25) is 0 Å². The van der Waals surface area contributed by atoms with Crippen molar-refractivity contribution >= 4 is 16.0 Å². The number of para-hydroxylation sites is 1. The number of hydrogen-bond donors (Lipinski definition) is 3. The van der Waals surface area contributed by atoms with Gasteiger partial charge in [0, 0.05) is 19.6 Å². The Kier molecular flexibility index (Phi) is 9.22. The number of hydrogen-bond acceptors (Lipinski definition) is 4. The second kappa shape index (κ2) is 10.9. The van der Waals surface area contributed by atoms with E-state index in [0.717, 1.165) is 6.26 Å². The van der Waals surface area contributed by atoms with Gasteiger partial charge in [0.05, 0.1) is 12.8 Å². The molecule has 0 spiro atoms. The molecular formula is C16H27FN4O3S. The molecule has 0 heterocycles. The minimum Gasteiger partial charge on any atom is -0.486 e. The lowest BCUT2D eigenvalue weighted by Crippen LogP contribution is -2.39. The topological polar surface area (TPSA) is 91.8 Å². The highest BCUT2D eigenvalue weighted by molar-refractivity contribution is 7.88. The first-order valence-electron chi connectivity index (χ1n) is 8.20. The van der Waals surface area contributed by atoms with Crippen molar-refractivity contribution in [3.63, 3.8) is 0 Å². The highest BCUT2D eigenvalue weighted by atomic mass is 32.2. The fourth-order valence-electron chi connectivity index (χ4n) is 1.91. The molecule has 25 heavy (non-hydrogen) atoms. The molecule has 0 radical (unpaired) electrons. The molecule has 0 aliphatic heterocycles. The van der Waals surface area contributed by atoms with E-state index >= 15 is 0 Å². The maximum Gasteiger partial charge on any atom is 0.208 e. The molecule has 0 aliphatic rings. The third kappa shape index (κ3) is 9.88. The molecular weight excluding hydrogens is 347 g/mol. The summed E-state index contributed by atoms with van der Waals surface area (Å²) in [6.45, 7) is 5.73. The van der Waals surface area contributed by atoms with Crippen LogP contribution in [0.5, 0.6) is 5.75 Å². The molecule has 3 N–H and O–H groups in total. The van der Waals surface area contributed by atoms with E-state index in [1.807, 2.05) is 13.8 Å². The SMILES string of the molecule is CCNC(=NCC(C)Oc1ccccc1F)NCCCNS(C)(=O)=O. The number of nitrogens with zero attached hydrogens (tertiary/aromatic N) is 1. The first-order valence-corrected chi connectivity index (χ1v) is 10.1. The highest BCUT2D eigenvalue weighted by Crippen LogP contribution is 2.16. The van der Waals surface area contributed by atoms with Gasteiger partial charge in [-0.05, 0) is 32.4 Å². The van der Waals surface area contributed by atoms with Gasteiger partial charge < -0.3 is 15.4 Å². The minimum absolute atomic E-state index is 0.204. The van der Waals surface area contributed by atoms with Crippen LogP contribution >= 0.6 is 0 Å². The van der Waals surface area contributed by atoms with Gasteiger partial charge in [0.1, 0.15) is 6.10 Å². The minimum atomic E-state index is -3.16. The number of halogens is 1. The van der Waals surface area contributed by atoms with Crippen LogP contribution in [0, 0.1) is 5.82 Å². The maximum atomic E-state index is 13.6. The van der Waals surface area contributed by atoms with E-state index in [1.165, 1.54) is 6.07 Å². The molecule has 1 unspecified atom stereocenters. The Balaban J connectivity index is 2.42. The fourth-order valence-corrected chi connectivity index (χ4v) is 2.42. The molecule has 0 bridgehead atoms. The van der Waals surface area contributed by atoms with Crippen molar-refractivity contribution < 1.29 is 17.5 Å². The van der Waals surface area contributed by atoms with Crippen molar-refractivity contribution in [2.75, 3.05) is 32.4 Å². The quantitative estimate of drug-likeness (QED) is 0.324. The lowest BCUT2D eigenvalue weighted by Gasteiger charge is -2.15. The van der Waals surface area contributed by atoms with Gasteiger partial charge in [-0.25, -0.2) is 22.5 Å². The lowest BCUT2D eigenvalue weighted by molar-refractivity contribution is 0.220. The Morgan fingerprint density at radius 1 is 1.28 bits per heavy atom. The van der Waals surface area contributed by atoms with Crippen molar-refractivity contribution in [2.45, 2.75) is 26.4 Å². The van der Waals surface area contributed by atoms with Gasteiger partial charge in [-0.1, -0.05) is 12.1 Å². The van der Waals surface area contributed by atoms with Gasteiger partial charge in [0.25, 0.3) is 0 Å². The molecule has 0 saturated carbocycles. The summed E-state index contributed by atoms with van der Waals surface area (Å²) in [5.74, 6) is 0.405. The summed E-state index contributed by atoms with van der Waals surface area (Å²) in [4.78, 5) is 4.39. The summed E-state index contributed by atoms with van der Waals surface area (Å²) in [7, 11) is -3.16. The standard InChI is InChI=1S/C16H27FN4O3S/c1-4-18-16(19-10-7-11-21-25(3,22)23)20-12-13(2)24-15-9-6-5-8-14(15)17/h5-6,8-9,13,21H,4,7,10-12H2,1-3H3,(H2,18,19,20). The largest absolute Gasteiger partial charge is 0.486 e. The first-order chi connectivity index (χ1) is 11.8. The van der Waals surface area contributed by atoms with E-state index in [0.29, 0.717) is 38.6 Å². The number of benzene rings is 1. The first kappa shape index (κ1) is 21.2. The zero-order valence-corrected chi connectivity index (χ0v) is 15.7. The van der Waals surface area contributed by atoms with E-state index < -0.39 is 15.8 Å². The molecule has 0 amide bonds. The van der Waals surface area contributed by atoms with Gasteiger partial charge in [-0.15, -0.1) is 0 Å². The van der Waals surface area contributed by atoms with Crippen LogP contribution in [0.2, 0.25) is 0 Å². The summed E-state index contributed by atoms with van der Waals surface area (Å²) < 4.78 is 43.5. The van der Waals surface area contributed by atoms with E-state index in [1.54, 1.807) is 18.2 Å². The van der Waals surface area contributed by atoms with Crippen molar-refractivity contribution in [2.24, 2.45) is 4.99 Å².